The highest BCUT2D eigenvalue weighted by molar-refractivity contribution is 5.94. The average Bonchev–Trinajstić information content (AvgIpc) is 2.74. The van der Waals surface area contributed by atoms with Crippen LogP contribution in [0.2, 0.25) is 0 Å². The lowest BCUT2D eigenvalue weighted by molar-refractivity contribution is -0.135. The van der Waals surface area contributed by atoms with Crippen molar-refractivity contribution in [3.8, 4) is 5.75 Å². The molecule has 1 aliphatic heterocycles. The summed E-state index contributed by atoms with van der Waals surface area (Å²) in [6, 6.07) is 11.1. The Bertz CT molecular complexity index is 830. The van der Waals surface area contributed by atoms with Crippen LogP contribution >= 0.6 is 0 Å². The van der Waals surface area contributed by atoms with Crippen molar-refractivity contribution in [3.05, 3.63) is 54.4 Å². The molecule has 2 aromatic rings. The summed E-state index contributed by atoms with van der Waals surface area (Å²) in [6.07, 6.45) is 3.57. The van der Waals surface area contributed by atoms with Gasteiger partial charge in [-0.15, -0.1) is 0 Å². The van der Waals surface area contributed by atoms with E-state index in [1.807, 2.05) is 18.3 Å². The van der Waals surface area contributed by atoms with E-state index in [4.69, 9.17) is 4.74 Å². The van der Waals surface area contributed by atoms with Crippen molar-refractivity contribution < 1.29 is 14.3 Å². The summed E-state index contributed by atoms with van der Waals surface area (Å²) in [5, 5.41) is 6.16. The maximum atomic E-state index is 12.7. The minimum Gasteiger partial charge on any atom is -0.497 e. The lowest BCUT2D eigenvalue weighted by atomic mass is 10.1. The quantitative estimate of drug-likeness (QED) is 0.729. The summed E-state index contributed by atoms with van der Waals surface area (Å²) in [7, 11) is 3.22. The number of pyridine rings is 1. The zero-order valence-corrected chi connectivity index (χ0v) is 16.8. The van der Waals surface area contributed by atoms with E-state index in [1.54, 1.807) is 44.6 Å². The Morgan fingerprint density at radius 3 is 2.97 bits per heavy atom. The second-order valence-corrected chi connectivity index (χ2v) is 7.01. The van der Waals surface area contributed by atoms with Crippen LogP contribution < -0.4 is 15.4 Å². The Morgan fingerprint density at radius 1 is 1.34 bits per heavy atom. The van der Waals surface area contributed by atoms with Gasteiger partial charge in [0.2, 0.25) is 11.8 Å². The van der Waals surface area contributed by atoms with E-state index in [0.717, 1.165) is 25.2 Å². The number of anilines is 1. The van der Waals surface area contributed by atoms with Crippen molar-refractivity contribution in [1.82, 2.24) is 20.1 Å². The van der Waals surface area contributed by atoms with Gasteiger partial charge in [0.15, 0.2) is 0 Å². The topological polar surface area (TPSA) is 86.8 Å². The Morgan fingerprint density at radius 2 is 2.21 bits per heavy atom. The largest absolute Gasteiger partial charge is 0.497 e. The average molecular weight is 397 g/mol. The highest BCUT2D eigenvalue weighted by atomic mass is 16.5. The fraction of sp³-hybridized carbons (Fsp3) is 0.381. The number of ether oxygens (including phenoxy) is 1. The maximum Gasteiger partial charge on any atom is 0.243 e. The van der Waals surface area contributed by atoms with E-state index in [-0.39, 0.29) is 30.9 Å². The second-order valence-electron chi connectivity index (χ2n) is 7.01. The number of piperazine rings is 1. The van der Waals surface area contributed by atoms with Crippen LogP contribution in [0.5, 0.6) is 5.75 Å². The highest BCUT2D eigenvalue weighted by Gasteiger charge is 2.27. The first-order valence-corrected chi connectivity index (χ1v) is 9.59. The first-order chi connectivity index (χ1) is 14.1. The number of benzene rings is 1. The molecule has 2 N–H and O–H groups in total. The zero-order chi connectivity index (χ0) is 20.6. The number of hydrogen-bond donors (Lipinski definition) is 2. The molecular formula is C21H27N5O3. The van der Waals surface area contributed by atoms with Crippen LogP contribution in [-0.2, 0) is 9.59 Å². The number of aromatic nitrogens is 1. The van der Waals surface area contributed by atoms with Gasteiger partial charge >= 0.3 is 0 Å². The fourth-order valence-electron chi connectivity index (χ4n) is 3.34. The minimum atomic E-state index is -0.252. The highest BCUT2D eigenvalue weighted by Crippen LogP contribution is 2.21. The molecule has 8 nitrogen and oxygen atoms in total. The Balaban J connectivity index is 1.55. The van der Waals surface area contributed by atoms with E-state index in [0.29, 0.717) is 11.4 Å². The molecule has 1 aliphatic rings. The standard InChI is InChI=1S/C21H27N5O3/c1-25(14-20(27)24-17-6-3-7-18(11-17)29-2)21(28)15-26-10-9-23-13-19(26)16-5-4-8-22-12-16/h3-8,11-12,19,23H,9-10,13-15H2,1-2H3,(H,24,27). The smallest absolute Gasteiger partial charge is 0.243 e. The van der Waals surface area contributed by atoms with Gasteiger partial charge in [0.1, 0.15) is 5.75 Å². The van der Waals surface area contributed by atoms with Crippen LogP contribution in [-0.4, -0.2) is 73.5 Å². The third kappa shape index (κ3) is 5.75. The van der Waals surface area contributed by atoms with Crippen LogP contribution in [0.3, 0.4) is 0 Å². The molecule has 0 aliphatic carbocycles. The second kappa shape index (κ2) is 9.99. The number of nitrogens with one attached hydrogen (secondary N) is 2. The monoisotopic (exact) mass is 397 g/mol. The van der Waals surface area contributed by atoms with E-state index in [1.165, 1.54) is 4.90 Å². The molecule has 1 fully saturated rings. The van der Waals surface area contributed by atoms with Crippen molar-refractivity contribution in [2.24, 2.45) is 0 Å². The van der Waals surface area contributed by atoms with Gasteiger partial charge in [-0.25, -0.2) is 0 Å². The number of likely N-dealkylation sites (N-methyl/N-ethyl adjacent to an activating group) is 1. The zero-order valence-electron chi connectivity index (χ0n) is 16.8. The van der Waals surface area contributed by atoms with Gasteiger partial charge in [-0.05, 0) is 23.8 Å². The first-order valence-electron chi connectivity index (χ1n) is 9.59. The fourth-order valence-corrected chi connectivity index (χ4v) is 3.34. The molecule has 1 saturated heterocycles. The molecule has 29 heavy (non-hydrogen) atoms. The SMILES string of the molecule is COc1cccc(NC(=O)CN(C)C(=O)CN2CCNCC2c2cccnc2)c1. The van der Waals surface area contributed by atoms with Crippen LogP contribution in [0.25, 0.3) is 0 Å². The van der Waals surface area contributed by atoms with E-state index in [2.05, 4.69) is 20.5 Å². The molecule has 1 aromatic heterocycles. The maximum absolute atomic E-state index is 12.7. The summed E-state index contributed by atoms with van der Waals surface area (Å²) in [5.41, 5.74) is 1.71. The van der Waals surface area contributed by atoms with Crippen molar-refractivity contribution in [2.45, 2.75) is 6.04 Å². The van der Waals surface area contributed by atoms with Gasteiger partial charge in [0.05, 0.1) is 20.2 Å². The number of carbonyl (C=O) groups is 2. The lowest BCUT2D eigenvalue weighted by Gasteiger charge is -2.36. The Kier molecular flexibility index (Phi) is 7.15. The molecule has 0 radical (unpaired) electrons. The molecule has 8 heteroatoms. The molecule has 0 spiro atoms. The molecule has 2 heterocycles. The molecule has 154 valence electrons. The molecule has 0 bridgehead atoms. The van der Waals surface area contributed by atoms with Crippen molar-refractivity contribution in [3.63, 3.8) is 0 Å². The summed E-state index contributed by atoms with van der Waals surface area (Å²) in [4.78, 5) is 32.8. The number of carbonyl (C=O) groups excluding carboxylic acids is 2. The summed E-state index contributed by atoms with van der Waals surface area (Å²) < 4.78 is 5.16. The van der Waals surface area contributed by atoms with Crippen molar-refractivity contribution >= 4 is 17.5 Å². The third-order valence-electron chi connectivity index (χ3n) is 4.92. The van der Waals surface area contributed by atoms with Crippen molar-refractivity contribution in [1.29, 1.82) is 0 Å². The third-order valence-corrected chi connectivity index (χ3v) is 4.92. The number of amides is 2. The van der Waals surface area contributed by atoms with Gasteiger partial charge in [-0.2, -0.15) is 0 Å². The van der Waals surface area contributed by atoms with Crippen molar-refractivity contribution in [2.75, 3.05) is 52.2 Å². The summed E-state index contributed by atoms with van der Waals surface area (Å²) in [6.45, 7) is 2.59. The van der Waals surface area contributed by atoms with E-state index in [9.17, 15) is 9.59 Å². The van der Waals surface area contributed by atoms with Gasteiger partial charge in [-0.1, -0.05) is 12.1 Å². The van der Waals surface area contributed by atoms with E-state index < -0.39 is 0 Å². The minimum absolute atomic E-state index is 0.0142. The van der Waals surface area contributed by atoms with Gasteiger partial charge in [0, 0.05) is 56.9 Å². The number of rotatable bonds is 7. The van der Waals surface area contributed by atoms with Crippen LogP contribution in [0, 0.1) is 0 Å². The predicted octanol–water partition coefficient (Wildman–Crippen LogP) is 1.13. The summed E-state index contributed by atoms with van der Waals surface area (Å²) in [5.74, 6) is 0.312. The Hall–Kier alpha value is -2.97. The molecule has 3 rings (SSSR count). The molecule has 1 aromatic carbocycles. The molecular weight excluding hydrogens is 370 g/mol. The van der Waals surface area contributed by atoms with Gasteiger partial charge < -0.3 is 20.3 Å². The molecule has 0 saturated carbocycles. The predicted molar refractivity (Wildman–Crippen MR) is 111 cm³/mol. The number of nitrogens with zero attached hydrogens (tertiary/aromatic N) is 3. The number of hydrogen-bond acceptors (Lipinski definition) is 6. The summed E-state index contributed by atoms with van der Waals surface area (Å²) >= 11 is 0. The van der Waals surface area contributed by atoms with Crippen LogP contribution in [0.1, 0.15) is 11.6 Å². The van der Waals surface area contributed by atoms with Crippen LogP contribution in [0.4, 0.5) is 5.69 Å². The number of methoxy groups -OCH3 is 1. The molecule has 1 unspecified atom stereocenters. The van der Waals surface area contributed by atoms with Crippen LogP contribution in [0.15, 0.2) is 48.8 Å². The molecule has 2 amide bonds. The van der Waals surface area contributed by atoms with E-state index >= 15 is 0 Å². The van der Waals surface area contributed by atoms with Gasteiger partial charge in [0.25, 0.3) is 0 Å². The van der Waals surface area contributed by atoms with Gasteiger partial charge in [-0.3, -0.25) is 19.5 Å². The first kappa shape index (κ1) is 20.8. The molecule has 1 atom stereocenters. The Labute approximate surface area is 170 Å². The normalized spacial score (nSPS) is 16.8. The lowest BCUT2D eigenvalue weighted by Crippen LogP contribution is -2.50.